The number of likely N-dealkylation sites (tertiary alicyclic amines) is 1. The van der Waals surface area contributed by atoms with Gasteiger partial charge in [-0.05, 0) is 50.4 Å². The van der Waals surface area contributed by atoms with Gasteiger partial charge in [0.2, 0.25) is 0 Å². The molecule has 1 heterocycles. The summed E-state index contributed by atoms with van der Waals surface area (Å²) in [5.74, 6) is 0. The molecule has 0 radical (unpaired) electrons. The van der Waals surface area contributed by atoms with Gasteiger partial charge in [-0.1, -0.05) is 23.7 Å². The number of halogens is 1. The molecule has 0 bridgehead atoms. The highest BCUT2D eigenvalue weighted by Crippen LogP contribution is 2.24. The number of nitrogens with zero attached hydrogens (tertiary/aromatic N) is 1. The van der Waals surface area contributed by atoms with Crippen molar-refractivity contribution in [2.45, 2.75) is 44.9 Å². The lowest BCUT2D eigenvalue weighted by Crippen LogP contribution is -2.31. The Morgan fingerprint density at radius 1 is 1.41 bits per heavy atom. The molecule has 1 N–H and O–H groups in total. The Balaban J connectivity index is 1.95. The van der Waals surface area contributed by atoms with Crippen LogP contribution in [0.3, 0.4) is 0 Å². The first kappa shape index (κ1) is 12.9. The quantitative estimate of drug-likeness (QED) is 0.892. The van der Waals surface area contributed by atoms with Crippen molar-refractivity contribution in [2.75, 3.05) is 6.54 Å². The Morgan fingerprint density at radius 2 is 2.12 bits per heavy atom. The van der Waals surface area contributed by atoms with Gasteiger partial charge in [0, 0.05) is 17.6 Å². The van der Waals surface area contributed by atoms with Gasteiger partial charge in [-0.15, -0.1) is 0 Å². The van der Waals surface area contributed by atoms with Gasteiger partial charge in [0.05, 0.1) is 6.10 Å². The minimum absolute atomic E-state index is 0.203. The number of benzene rings is 1. The summed E-state index contributed by atoms with van der Waals surface area (Å²) in [5.41, 5.74) is 1.30. The van der Waals surface area contributed by atoms with Crippen LogP contribution in [0.25, 0.3) is 0 Å². The van der Waals surface area contributed by atoms with E-state index in [1.165, 1.54) is 18.4 Å². The van der Waals surface area contributed by atoms with Gasteiger partial charge in [0.1, 0.15) is 0 Å². The summed E-state index contributed by atoms with van der Waals surface area (Å²) in [6, 6.07) is 8.58. The van der Waals surface area contributed by atoms with Crippen molar-refractivity contribution < 1.29 is 5.11 Å². The van der Waals surface area contributed by atoms with E-state index in [0.717, 1.165) is 24.5 Å². The smallest absolute Gasteiger partial charge is 0.0527 e. The molecule has 2 rings (SSSR count). The van der Waals surface area contributed by atoms with Gasteiger partial charge in [0.25, 0.3) is 0 Å². The fraction of sp³-hybridized carbons (Fsp3) is 0.571. The monoisotopic (exact) mass is 253 g/mol. The summed E-state index contributed by atoms with van der Waals surface area (Å²) in [4.78, 5) is 2.47. The minimum atomic E-state index is -0.203. The number of aliphatic hydroxyl groups excluding tert-OH is 1. The summed E-state index contributed by atoms with van der Waals surface area (Å²) in [6.07, 6.45) is 3.13. The van der Waals surface area contributed by atoms with Crippen LogP contribution in [0.4, 0.5) is 0 Å². The predicted molar refractivity (Wildman–Crippen MR) is 71.2 cm³/mol. The van der Waals surface area contributed by atoms with Crippen LogP contribution in [0.2, 0.25) is 5.02 Å². The second-order valence-electron chi connectivity index (χ2n) is 4.98. The van der Waals surface area contributed by atoms with E-state index < -0.39 is 0 Å². The van der Waals surface area contributed by atoms with Gasteiger partial charge >= 0.3 is 0 Å². The van der Waals surface area contributed by atoms with Gasteiger partial charge in [0.15, 0.2) is 0 Å². The van der Waals surface area contributed by atoms with Crippen molar-refractivity contribution in [1.29, 1.82) is 0 Å². The molecule has 1 aromatic carbocycles. The zero-order valence-corrected chi connectivity index (χ0v) is 11.0. The molecule has 0 aromatic heterocycles. The molecule has 3 heteroatoms. The molecular formula is C14H20ClNO. The van der Waals surface area contributed by atoms with E-state index in [9.17, 15) is 5.11 Å². The molecule has 0 saturated carbocycles. The Hall–Kier alpha value is -0.570. The molecule has 2 unspecified atom stereocenters. The Kier molecular flexibility index (Phi) is 4.43. The van der Waals surface area contributed by atoms with Crippen LogP contribution in [0.15, 0.2) is 24.3 Å². The Bertz CT molecular complexity index is 350. The van der Waals surface area contributed by atoms with Gasteiger partial charge in [-0.3, -0.25) is 4.90 Å². The van der Waals surface area contributed by atoms with E-state index >= 15 is 0 Å². The van der Waals surface area contributed by atoms with Gasteiger partial charge in [-0.25, -0.2) is 0 Å². The molecule has 1 aliphatic rings. The zero-order chi connectivity index (χ0) is 12.3. The summed E-state index contributed by atoms with van der Waals surface area (Å²) in [7, 11) is 0. The largest absolute Gasteiger partial charge is 0.393 e. The van der Waals surface area contributed by atoms with Gasteiger partial charge in [-0.2, -0.15) is 0 Å². The maximum absolute atomic E-state index is 9.49. The molecule has 1 fully saturated rings. The SMILES string of the molecule is CC(O)CC1CCCN1Cc1ccc(Cl)cc1. The first-order valence-corrected chi connectivity index (χ1v) is 6.69. The normalized spacial score (nSPS) is 22.9. The molecule has 2 atom stereocenters. The molecule has 1 aliphatic heterocycles. The van der Waals surface area contributed by atoms with E-state index in [1.54, 1.807) is 0 Å². The van der Waals surface area contributed by atoms with Crippen molar-refractivity contribution in [1.82, 2.24) is 4.90 Å². The van der Waals surface area contributed by atoms with Crippen LogP contribution < -0.4 is 0 Å². The van der Waals surface area contributed by atoms with E-state index in [1.807, 2.05) is 19.1 Å². The standard InChI is InChI=1S/C14H20ClNO/c1-11(17)9-14-3-2-8-16(14)10-12-4-6-13(15)7-5-12/h4-7,11,14,17H,2-3,8-10H2,1H3. The third kappa shape index (κ3) is 3.70. The molecule has 1 saturated heterocycles. The zero-order valence-electron chi connectivity index (χ0n) is 10.3. The van der Waals surface area contributed by atoms with Crippen molar-refractivity contribution >= 4 is 11.6 Å². The van der Waals surface area contributed by atoms with Crippen LogP contribution in [0.5, 0.6) is 0 Å². The molecular weight excluding hydrogens is 234 g/mol. The highest BCUT2D eigenvalue weighted by Gasteiger charge is 2.25. The average Bonchev–Trinajstić information content (AvgIpc) is 2.68. The third-order valence-corrected chi connectivity index (χ3v) is 3.66. The topological polar surface area (TPSA) is 23.5 Å². The summed E-state index contributed by atoms with van der Waals surface area (Å²) in [6.45, 7) is 3.98. The lowest BCUT2D eigenvalue weighted by atomic mass is 10.1. The van der Waals surface area contributed by atoms with Crippen LogP contribution in [-0.2, 0) is 6.54 Å². The van der Waals surface area contributed by atoms with Crippen LogP contribution in [-0.4, -0.2) is 28.7 Å². The first-order valence-electron chi connectivity index (χ1n) is 6.31. The van der Waals surface area contributed by atoms with Crippen molar-refractivity contribution in [3.8, 4) is 0 Å². The Morgan fingerprint density at radius 3 is 2.76 bits per heavy atom. The van der Waals surface area contributed by atoms with E-state index in [-0.39, 0.29) is 6.10 Å². The molecule has 0 amide bonds. The lowest BCUT2D eigenvalue weighted by Gasteiger charge is -2.25. The van der Waals surface area contributed by atoms with Crippen molar-refractivity contribution in [3.05, 3.63) is 34.9 Å². The second-order valence-corrected chi connectivity index (χ2v) is 5.41. The maximum Gasteiger partial charge on any atom is 0.0527 e. The van der Waals surface area contributed by atoms with Crippen LogP contribution in [0.1, 0.15) is 31.7 Å². The molecule has 0 aliphatic carbocycles. The van der Waals surface area contributed by atoms with E-state index in [2.05, 4.69) is 17.0 Å². The number of rotatable bonds is 4. The number of hydrogen-bond donors (Lipinski definition) is 1. The fourth-order valence-electron chi connectivity index (χ4n) is 2.59. The van der Waals surface area contributed by atoms with Crippen molar-refractivity contribution in [3.63, 3.8) is 0 Å². The van der Waals surface area contributed by atoms with Gasteiger partial charge < -0.3 is 5.11 Å². The molecule has 17 heavy (non-hydrogen) atoms. The van der Waals surface area contributed by atoms with Crippen molar-refractivity contribution in [2.24, 2.45) is 0 Å². The third-order valence-electron chi connectivity index (χ3n) is 3.41. The second kappa shape index (κ2) is 5.85. The molecule has 1 aromatic rings. The maximum atomic E-state index is 9.49. The van der Waals surface area contributed by atoms with Crippen LogP contribution in [0, 0.1) is 0 Å². The van der Waals surface area contributed by atoms with E-state index in [4.69, 9.17) is 11.6 Å². The average molecular weight is 254 g/mol. The predicted octanol–water partition coefficient (Wildman–Crippen LogP) is 3.08. The highest BCUT2D eigenvalue weighted by atomic mass is 35.5. The first-order chi connectivity index (χ1) is 8.15. The molecule has 94 valence electrons. The molecule has 2 nitrogen and oxygen atoms in total. The molecule has 0 spiro atoms. The number of hydrogen-bond acceptors (Lipinski definition) is 2. The van der Waals surface area contributed by atoms with Crippen LogP contribution >= 0.6 is 11.6 Å². The summed E-state index contributed by atoms with van der Waals surface area (Å²) >= 11 is 5.88. The fourth-order valence-corrected chi connectivity index (χ4v) is 2.71. The lowest BCUT2D eigenvalue weighted by molar-refractivity contribution is 0.131. The Labute approximate surface area is 108 Å². The minimum Gasteiger partial charge on any atom is -0.393 e. The number of aliphatic hydroxyl groups is 1. The highest BCUT2D eigenvalue weighted by molar-refractivity contribution is 6.30. The van der Waals surface area contributed by atoms with E-state index in [0.29, 0.717) is 6.04 Å². The summed E-state index contributed by atoms with van der Waals surface area (Å²) < 4.78 is 0. The summed E-state index contributed by atoms with van der Waals surface area (Å²) in [5, 5.41) is 10.3.